The molecular weight excluding hydrogens is 270 g/mol. The summed E-state index contributed by atoms with van der Waals surface area (Å²) in [5.74, 6) is 0.00272. The maximum Gasteiger partial charge on any atom is 0.312 e. The highest BCUT2D eigenvalue weighted by atomic mass is 35.5. The molecule has 0 saturated carbocycles. The van der Waals surface area contributed by atoms with E-state index in [-0.39, 0.29) is 23.4 Å². The zero-order valence-electron chi connectivity index (χ0n) is 10.9. The molecule has 0 amide bonds. The first-order chi connectivity index (χ1) is 8.79. The van der Waals surface area contributed by atoms with Crippen molar-refractivity contribution in [2.24, 2.45) is 5.41 Å². The van der Waals surface area contributed by atoms with E-state index in [2.05, 4.69) is 4.98 Å². The molecule has 0 atom stereocenters. The predicted molar refractivity (Wildman–Crippen MR) is 70.0 cm³/mol. The highest BCUT2D eigenvalue weighted by molar-refractivity contribution is 6.29. The Hall–Kier alpha value is -1.82. The minimum absolute atomic E-state index is 0.0145. The summed E-state index contributed by atoms with van der Waals surface area (Å²) >= 11 is 5.74. The maximum absolute atomic E-state index is 11.7. The molecule has 2 heterocycles. The number of hydrogen-bond donors (Lipinski definition) is 0. The number of fused-ring (bicyclic) bond motifs is 1. The van der Waals surface area contributed by atoms with Crippen LogP contribution in [-0.4, -0.2) is 19.9 Å². The lowest BCUT2D eigenvalue weighted by molar-refractivity contribution is -0.156. The van der Waals surface area contributed by atoms with E-state index in [9.17, 15) is 9.59 Å². The molecule has 0 spiro atoms. The van der Waals surface area contributed by atoms with Crippen molar-refractivity contribution < 1.29 is 9.53 Å². The Balaban J connectivity index is 2.28. The van der Waals surface area contributed by atoms with Crippen LogP contribution in [0.5, 0.6) is 0 Å². The van der Waals surface area contributed by atoms with Gasteiger partial charge in [0, 0.05) is 18.5 Å². The minimum Gasteiger partial charge on any atom is -0.443 e. The molecule has 6 nitrogen and oxygen atoms in total. The molecule has 0 aliphatic rings. The van der Waals surface area contributed by atoms with Crippen molar-refractivity contribution in [1.29, 1.82) is 0 Å². The fourth-order valence-corrected chi connectivity index (χ4v) is 1.62. The highest BCUT2D eigenvalue weighted by Crippen LogP contribution is 2.15. The van der Waals surface area contributed by atoms with Crippen LogP contribution < -0.4 is 5.56 Å². The fraction of sp³-hybridized carbons (Fsp3) is 0.417. The van der Waals surface area contributed by atoms with Crippen LogP contribution in [0.4, 0.5) is 0 Å². The van der Waals surface area contributed by atoms with Crippen LogP contribution in [0.2, 0.25) is 5.15 Å². The molecule has 0 aromatic carbocycles. The molecule has 0 fully saturated rings. The molecule has 2 rings (SSSR count). The van der Waals surface area contributed by atoms with Gasteiger partial charge in [-0.15, -0.1) is 0 Å². The predicted octanol–water partition coefficient (Wildman–Crippen LogP) is 1.70. The van der Waals surface area contributed by atoms with Crippen LogP contribution in [-0.2, 0) is 16.3 Å². The Labute approximate surface area is 114 Å². The number of carbonyl (C=O) groups excluding carboxylic acids is 1. The number of ether oxygens (including phenoxy) is 1. The molecule has 0 aliphatic heterocycles. The molecule has 0 unspecified atom stereocenters. The van der Waals surface area contributed by atoms with Gasteiger partial charge in [-0.2, -0.15) is 0 Å². The quantitative estimate of drug-likeness (QED) is 0.621. The van der Waals surface area contributed by atoms with Crippen LogP contribution in [0.1, 0.15) is 20.8 Å². The van der Waals surface area contributed by atoms with E-state index in [1.165, 1.54) is 15.0 Å². The van der Waals surface area contributed by atoms with Crippen molar-refractivity contribution >= 4 is 23.3 Å². The van der Waals surface area contributed by atoms with Crippen molar-refractivity contribution in [2.45, 2.75) is 27.5 Å². The Kier molecular flexibility index (Phi) is 3.36. The summed E-state index contributed by atoms with van der Waals surface area (Å²) in [6, 6.07) is 1.22. The Morgan fingerprint density at radius 1 is 1.42 bits per heavy atom. The summed E-state index contributed by atoms with van der Waals surface area (Å²) in [6.45, 7) is 5.29. The SMILES string of the molecule is CC(C)(C)C(=O)OCn1ccn2c(=O)cc(Cl)nc12. The van der Waals surface area contributed by atoms with Gasteiger partial charge in [0.25, 0.3) is 5.56 Å². The zero-order valence-corrected chi connectivity index (χ0v) is 11.6. The van der Waals surface area contributed by atoms with Crippen molar-refractivity contribution in [2.75, 3.05) is 0 Å². The van der Waals surface area contributed by atoms with Gasteiger partial charge in [-0.05, 0) is 20.8 Å². The number of imidazole rings is 1. The van der Waals surface area contributed by atoms with Crippen molar-refractivity contribution in [1.82, 2.24) is 14.0 Å². The summed E-state index contributed by atoms with van der Waals surface area (Å²) in [7, 11) is 0. The summed E-state index contributed by atoms with van der Waals surface area (Å²) in [4.78, 5) is 27.3. The summed E-state index contributed by atoms with van der Waals surface area (Å²) in [5.41, 5.74) is -0.860. The molecule has 7 heteroatoms. The van der Waals surface area contributed by atoms with Gasteiger partial charge in [0.15, 0.2) is 6.73 Å². The normalized spacial score (nSPS) is 11.8. The number of esters is 1. The molecule has 0 N–H and O–H groups in total. The Bertz CT molecular complexity index is 682. The van der Waals surface area contributed by atoms with Crippen LogP contribution in [0.25, 0.3) is 5.78 Å². The van der Waals surface area contributed by atoms with Gasteiger partial charge >= 0.3 is 5.97 Å². The third kappa shape index (κ3) is 2.78. The first-order valence-corrected chi connectivity index (χ1v) is 6.08. The van der Waals surface area contributed by atoms with E-state index >= 15 is 0 Å². The van der Waals surface area contributed by atoms with E-state index in [1.54, 1.807) is 33.2 Å². The van der Waals surface area contributed by atoms with Gasteiger partial charge in [-0.1, -0.05) is 11.6 Å². The van der Waals surface area contributed by atoms with Crippen LogP contribution >= 0.6 is 11.6 Å². The first-order valence-electron chi connectivity index (χ1n) is 5.70. The first kappa shape index (κ1) is 13.6. The summed E-state index contributed by atoms with van der Waals surface area (Å²) < 4.78 is 8.03. The molecule has 0 saturated heterocycles. The average molecular weight is 284 g/mol. The molecule has 0 radical (unpaired) electrons. The van der Waals surface area contributed by atoms with Gasteiger partial charge in [0.2, 0.25) is 5.78 Å². The number of aromatic nitrogens is 3. The molecule has 2 aromatic rings. The van der Waals surface area contributed by atoms with Crippen molar-refractivity contribution in [3.8, 4) is 0 Å². The number of rotatable bonds is 2. The van der Waals surface area contributed by atoms with Gasteiger partial charge < -0.3 is 4.74 Å². The van der Waals surface area contributed by atoms with Gasteiger partial charge in [0.1, 0.15) is 5.15 Å². The minimum atomic E-state index is -0.579. The Morgan fingerprint density at radius 3 is 2.74 bits per heavy atom. The second-order valence-electron chi connectivity index (χ2n) is 5.17. The van der Waals surface area contributed by atoms with Crippen LogP contribution in [0.3, 0.4) is 0 Å². The highest BCUT2D eigenvalue weighted by Gasteiger charge is 2.23. The zero-order chi connectivity index (χ0) is 14.2. The van der Waals surface area contributed by atoms with Crippen LogP contribution in [0.15, 0.2) is 23.3 Å². The lowest BCUT2D eigenvalue weighted by Gasteiger charge is -2.16. The molecule has 0 bridgehead atoms. The summed E-state index contributed by atoms with van der Waals surface area (Å²) in [6.07, 6.45) is 3.15. The summed E-state index contributed by atoms with van der Waals surface area (Å²) in [5, 5.41) is 0.104. The standard InChI is InChI=1S/C12H14ClN3O3/c1-12(2,3)10(18)19-7-15-4-5-16-9(17)6-8(13)14-11(15)16/h4-6H,7H2,1-3H3. The van der Waals surface area contributed by atoms with E-state index in [1.807, 2.05) is 0 Å². The third-order valence-electron chi connectivity index (χ3n) is 2.50. The lowest BCUT2D eigenvalue weighted by Crippen LogP contribution is -2.24. The van der Waals surface area contributed by atoms with Gasteiger partial charge in [0.05, 0.1) is 5.41 Å². The molecule has 19 heavy (non-hydrogen) atoms. The second kappa shape index (κ2) is 4.70. The van der Waals surface area contributed by atoms with Gasteiger partial charge in [-0.3, -0.25) is 18.6 Å². The number of nitrogens with zero attached hydrogens (tertiary/aromatic N) is 3. The molecule has 0 aliphatic carbocycles. The van der Waals surface area contributed by atoms with Gasteiger partial charge in [-0.25, -0.2) is 4.98 Å². The lowest BCUT2D eigenvalue weighted by atomic mass is 9.98. The topological polar surface area (TPSA) is 65.6 Å². The number of halogens is 1. The molecule has 2 aromatic heterocycles. The van der Waals surface area contributed by atoms with Crippen molar-refractivity contribution in [3.05, 3.63) is 34.0 Å². The van der Waals surface area contributed by atoms with Crippen molar-refractivity contribution in [3.63, 3.8) is 0 Å². The van der Waals surface area contributed by atoms with E-state index in [0.717, 1.165) is 0 Å². The van der Waals surface area contributed by atoms with E-state index < -0.39 is 5.41 Å². The fourth-order valence-electron chi connectivity index (χ4n) is 1.45. The third-order valence-corrected chi connectivity index (χ3v) is 2.70. The van der Waals surface area contributed by atoms with E-state index in [4.69, 9.17) is 16.3 Å². The number of hydrogen-bond acceptors (Lipinski definition) is 4. The smallest absolute Gasteiger partial charge is 0.312 e. The maximum atomic E-state index is 11.7. The largest absolute Gasteiger partial charge is 0.443 e. The average Bonchev–Trinajstić information content (AvgIpc) is 2.67. The molecule has 102 valence electrons. The monoisotopic (exact) mass is 283 g/mol. The van der Waals surface area contributed by atoms with E-state index in [0.29, 0.717) is 5.78 Å². The Morgan fingerprint density at radius 2 is 2.11 bits per heavy atom. The molecular formula is C12H14ClN3O3. The van der Waals surface area contributed by atoms with Crippen LogP contribution in [0, 0.1) is 5.41 Å². The second-order valence-corrected chi connectivity index (χ2v) is 5.55. The number of carbonyl (C=O) groups is 1.